The fourth-order valence-corrected chi connectivity index (χ4v) is 3.00. The minimum absolute atomic E-state index is 0.192. The van der Waals surface area contributed by atoms with E-state index < -0.39 is 17.8 Å². The zero-order valence-corrected chi connectivity index (χ0v) is 14.6. The van der Waals surface area contributed by atoms with Crippen molar-refractivity contribution in [2.24, 2.45) is 0 Å². The topological polar surface area (TPSA) is 63.7 Å². The number of ether oxygens (including phenoxy) is 1. The highest BCUT2D eigenvalue weighted by atomic mass is 127. The number of nitrogens with zero attached hydrogens (tertiary/aromatic N) is 1. The smallest absolute Gasteiger partial charge is 0.340 e. The first-order valence-electron chi connectivity index (χ1n) is 6.82. The standard InChI is InChI=1S/C17H12INO4/c1-9-7-14(12(8-13(9)18)17(22)23-2)19-15(20)10-5-3-4-6-11(10)16(19)21/h3-8H,1-2H3. The largest absolute Gasteiger partial charge is 0.465 e. The molecule has 3 rings (SSSR count). The number of hydrogen-bond acceptors (Lipinski definition) is 4. The molecule has 2 amide bonds. The van der Waals surface area contributed by atoms with Crippen molar-refractivity contribution in [1.29, 1.82) is 0 Å². The third-order valence-corrected chi connectivity index (χ3v) is 4.88. The number of carbonyl (C=O) groups is 3. The Labute approximate surface area is 146 Å². The Morgan fingerprint density at radius 1 is 1.09 bits per heavy atom. The zero-order valence-electron chi connectivity index (χ0n) is 12.4. The van der Waals surface area contributed by atoms with E-state index in [1.807, 2.05) is 6.92 Å². The van der Waals surface area contributed by atoms with Gasteiger partial charge >= 0.3 is 5.97 Å². The maximum atomic E-state index is 12.6. The summed E-state index contributed by atoms with van der Waals surface area (Å²) in [6.07, 6.45) is 0. The maximum absolute atomic E-state index is 12.6. The molecule has 0 aromatic heterocycles. The van der Waals surface area contributed by atoms with Crippen molar-refractivity contribution in [2.45, 2.75) is 6.92 Å². The summed E-state index contributed by atoms with van der Waals surface area (Å²) in [5, 5.41) is 0. The van der Waals surface area contributed by atoms with Gasteiger partial charge in [0.05, 0.1) is 29.5 Å². The van der Waals surface area contributed by atoms with Crippen molar-refractivity contribution in [1.82, 2.24) is 0 Å². The van der Waals surface area contributed by atoms with Crippen LogP contribution in [0.1, 0.15) is 36.6 Å². The Hall–Kier alpha value is -2.22. The molecule has 0 atom stereocenters. The van der Waals surface area contributed by atoms with Gasteiger partial charge in [-0.3, -0.25) is 9.59 Å². The number of hydrogen-bond donors (Lipinski definition) is 0. The molecule has 2 aromatic rings. The van der Waals surface area contributed by atoms with Crippen LogP contribution in [0.2, 0.25) is 0 Å². The molecule has 1 aliphatic rings. The van der Waals surface area contributed by atoms with Crippen LogP contribution in [-0.4, -0.2) is 24.9 Å². The van der Waals surface area contributed by atoms with E-state index in [1.165, 1.54) is 7.11 Å². The molecule has 116 valence electrons. The SMILES string of the molecule is COC(=O)c1cc(I)c(C)cc1N1C(=O)c2ccccc2C1=O. The minimum atomic E-state index is -0.588. The van der Waals surface area contributed by atoms with E-state index in [0.717, 1.165) is 14.0 Å². The Morgan fingerprint density at radius 2 is 1.65 bits per heavy atom. The third kappa shape index (κ3) is 2.42. The van der Waals surface area contributed by atoms with Gasteiger partial charge in [-0.2, -0.15) is 0 Å². The van der Waals surface area contributed by atoms with Crippen molar-refractivity contribution in [3.8, 4) is 0 Å². The van der Waals surface area contributed by atoms with Gasteiger partial charge in [-0.25, -0.2) is 9.69 Å². The van der Waals surface area contributed by atoms with Gasteiger partial charge in [0.25, 0.3) is 11.8 Å². The first kappa shape index (κ1) is 15.7. The number of fused-ring (bicyclic) bond motifs is 1. The molecular weight excluding hydrogens is 409 g/mol. The molecule has 1 aliphatic heterocycles. The number of methoxy groups -OCH3 is 1. The van der Waals surface area contributed by atoms with Crippen molar-refractivity contribution >= 4 is 46.1 Å². The molecule has 0 bridgehead atoms. The number of imide groups is 1. The monoisotopic (exact) mass is 421 g/mol. The molecule has 0 N–H and O–H groups in total. The summed E-state index contributed by atoms with van der Waals surface area (Å²) >= 11 is 2.09. The minimum Gasteiger partial charge on any atom is -0.465 e. The maximum Gasteiger partial charge on any atom is 0.340 e. The summed E-state index contributed by atoms with van der Waals surface area (Å²) in [5.74, 6) is -1.46. The molecule has 1 heterocycles. The first-order chi connectivity index (χ1) is 11.0. The van der Waals surface area contributed by atoms with E-state index in [1.54, 1.807) is 36.4 Å². The number of rotatable bonds is 2. The van der Waals surface area contributed by atoms with E-state index in [-0.39, 0.29) is 11.3 Å². The molecule has 0 saturated heterocycles. The summed E-state index contributed by atoms with van der Waals surface area (Å²) in [5.41, 5.74) is 1.98. The van der Waals surface area contributed by atoms with Gasteiger partial charge < -0.3 is 4.74 Å². The fraction of sp³-hybridized carbons (Fsp3) is 0.118. The van der Waals surface area contributed by atoms with Crippen LogP contribution in [0.5, 0.6) is 0 Å². The average Bonchev–Trinajstić information content (AvgIpc) is 2.81. The molecule has 23 heavy (non-hydrogen) atoms. The summed E-state index contributed by atoms with van der Waals surface area (Å²) in [4.78, 5) is 38.3. The predicted octanol–water partition coefficient (Wildman–Crippen LogP) is 3.19. The van der Waals surface area contributed by atoms with Crippen LogP contribution in [-0.2, 0) is 4.74 Å². The highest BCUT2D eigenvalue weighted by Gasteiger charge is 2.38. The molecule has 0 aliphatic carbocycles. The number of benzene rings is 2. The van der Waals surface area contributed by atoms with Crippen LogP contribution in [0.25, 0.3) is 0 Å². The number of halogens is 1. The Kier molecular flexibility index (Phi) is 3.93. The first-order valence-corrected chi connectivity index (χ1v) is 7.90. The van der Waals surface area contributed by atoms with Gasteiger partial charge in [-0.1, -0.05) is 12.1 Å². The lowest BCUT2D eigenvalue weighted by Gasteiger charge is -2.18. The predicted molar refractivity (Wildman–Crippen MR) is 92.8 cm³/mol. The second kappa shape index (κ2) is 5.77. The summed E-state index contributed by atoms with van der Waals surface area (Å²) < 4.78 is 5.64. The lowest BCUT2D eigenvalue weighted by Crippen LogP contribution is -2.31. The van der Waals surface area contributed by atoms with Gasteiger partial charge in [0.2, 0.25) is 0 Å². The van der Waals surface area contributed by atoms with E-state index in [2.05, 4.69) is 22.6 Å². The number of anilines is 1. The van der Waals surface area contributed by atoms with Gasteiger partial charge in [0, 0.05) is 3.57 Å². The number of esters is 1. The normalized spacial score (nSPS) is 13.3. The van der Waals surface area contributed by atoms with E-state index in [0.29, 0.717) is 11.1 Å². The van der Waals surface area contributed by atoms with Gasteiger partial charge in [0.15, 0.2) is 0 Å². The molecule has 6 heteroatoms. The second-order valence-electron chi connectivity index (χ2n) is 5.10. The van der Waals surface area contributed by atoms with Crippen LogP contribution in [0, 0.1) is 10.5 Å². The van der Waals surface area contributed by atoms with Gasteiger partial charge in [0.1, 0.15) is 0 Å². The van der Waals surface area contributed by atoms with E-state index in [4.69, 9.17) is 4.74 Å². The zero-order chi connectivity index (χ0) is 16.7. The Bertz CT molecular complexity index is 825. The molecule has 5 nitrogen and oxygen atoms in total. The molecule has 0 unspecified atom stereocenters. The highest BCUT2D eigenvalue weighted by molar-refractivity contribution is 14.1. The van der Waals surface area contributed by atoms with Crippen molar-refractivity contribution in [2.75, 3.05) is 12.0 Å². The molecule has 2 aromatic carbocycles. The van der Waals surface area contributed by atoms with Crippen LogP contribution >= 0.6 is 22.6 Å². The molecular formula is C17H12INO4. The average molecular weight is 421 g/mol. The number of aryl methyl sites for hydroxylation is 1. The van der Waals surface area contributed by atoms with Crippen molar-refractivity contribution in [3.05, 3.63) is 62.2 Å². The van der Waals surface area contributed by atoms with Crippen molar-refractivity contribution in [3.63, 3.8) is 0 Å². The second-order valence-corrected chi connectivity index (χ2v) is 6.26. The number of carbonyl (C=O) groups excluding carboxylic acids is 3. The highest BCUT2D eigenvalue weighted by Crippen LogP contribution is 2.33. The number of amides is 2. The Balaban J connectivity index is 2.20. The lowest BCUT2D eigenvalue weighted by atomic mass is 10.1. The van der Waals surface area contributed by atoms with Crippen LogP contribution in [0.3, 0.4) is 0 Å². The summed E-state index contributed by atoms with van der Waals surface area (Å²) in [6, 6.07) is 9.90. The molecule has 0 saturated carbocycles. The molecule has 0 radical (unpaired) electrons. The van der Waals surface area contributed by atoms with Crippen LogP contribution in [0.4, 0.5) is 5.69 Å². The van der Waals surface area contributed by atoms with Crippen molar-refractivity contribution < 1.29 is 19.1 Å². The summed E-state index contributed by atoms with van der Waals surface area (Å²) in [6.45, 7) is 1.85. The van der Waals surface area contributed by atoms with Gasteiger partial charge in [-0.15, -0.1) is 0 Å². The van der Waals surface area contributed by atoms with E-state index >= 15 is 0 Å². The molecule has 0 fully saturated rings. The fourth-order valence-electron chi connectivity index (χ4n) is 2.53. The van der Waals surface area contributed by atoms with Crippen LogP contribution in [0.15, 0.2) is 36.4 Å². The summed E-state index contributed by atoms with van der Waals surface area (Å²) in [7, 11) is 1.27. The Morgan fingerprint density at radius 3 is 2.17 bits per heavy atom. The van der Waals surface area contributed by atoms with Crippen LogP contribution < -0.4 is 4.90 Å². The third-order valence-electron chi connectivity index (χ3n) is 3.72. The van der Waals surface area contributed by atoms with Gasteiger partial charge in [-0.05, 0) is 59.3 Å². The molecule has 0 spiro atoms. The lowest BCUT2D eigenvalue weighted by molar-refractivity contribution is 0.0601. The quantitative estimate of drug-likeness (QED) is 0.425. The van der Waals surface area contributed by atoms with E-state index in [9.17, 15) is 14.4 Å².